The van der Waals surface area contributed by atoms with Crippen molar-refractivity contribution in [3.63, 3.8) is 0 Å². The summed E-state index contributed by atoms with van der Waals surface area (Å²) in [4.78, 5) is 21.1. The lowest BCUT2D eigenvalue weighted by atomic mass is 10.1. The van der Waals surface area contributed by atoms with Crippen molar-refractivity contribution in [2.24, 2.45) is 0 Å². The molecule has 2 aromatic heterocycles. The summed E-state index contributed by atoms with van der Waals surface area (Å²) in [6.45, 7) is 1.83. The number of sulfonamides is 1. The molecule has 4 aromatic rings. The molecule has 1 amide bonds. The van der Waals surface area contributed by atoms with Crippen LogP contribution < -0.4 is 16.8 Å². The van der Waals surface area contributed by atoms with Crippen LogP contribution in [0.5, 0.6) is 0 Å². The number of aryl methyl sites for hydroxylation is 1. The van der Waals surface area contributed by atoms with Crippen molar-refractivity contribution in [3.8, 4) is 11.3 Å². The standard InChI is InChI=1S/C14H13N3O4S2.C9H7Cl2N5/c1-8-7-15-14(22-8)16-13(19)11-12(18)9-5-3-4-6-10(9)23(20,21)17(11)2;10-5-3-1-2-4(6(5)11)7-8(12)14-9(13)16-15-7/h3-7,18H,1-2H3,(H,15,16,19);1-3H,(H4,12,13,14,16). The van der Waals surface area contributed by atoms with Gasteiger partial charge in [0.05, 0.1) is 14.9 Å². The van der Waals surface area contributed by atoms with Gasteiger partial charge in [0.25, 0.3) is 15.9 Å². The Morgan fingerprint density at radius 2 is 1.77 bits per heavy atom. The van der Waals surface area contributed by atoms with Crippen molar-refractivity contribution in [2.45, 2.75) is 11.8 Å². The van der Waals surface area contributed by atoms with Crippen LogP contribution in [0.2, 0.25) is 10.0 Å². The van der Waals surface area contributed by atoms with Crippen molar-refractivity contribution in [1.29, 1.82) is 0 Å². The van der Waals surface area contributed by atoms with E-state index in [4.69, 9.17) is 34.7 Å². The Morgan fingerprint density at radius 3 is 2.44 bits per heavy atom. The number of aromatic nitrogens is 4. The second-order valence-electron chi connectivity index (χ2n) is 7.90. The van der Waals surface area contributed by atoms with E-state index in [1.807, 2.05) is 6.92 Å². The van der Waals surface area contributed by atoms with Crippen LogP contribution >= 0.6 is 34.5 Å². The molecule has 16 heteroatoms. The van der Waals surface area contributed by atoms with Gasteiger partial charge in [-0.05, 0) is 25.1 Å². The number of hydrogen-bond acceptors (Lipinski definition) is 11. The van der Waals surface area contributed by atoms with Crippen molar-refractivity contribution in [3.05, 3.63) is 74.8 Å². The first kappa shape index (κ1) is 28.0. The number of nitrogens with one attached hydrogen (secondary N) is 1. The molecule has 0 atom stereocenters. The SMILES string of the molecule is Cc1cnc(NC(=O)C2=C(O)c3ccccc3S(=O)(=O)N2C)s1.Nc1nnc(-c2cccc(Cl)c2Cl)c(N)n1. The maximum Gasteiger partial charge on any atom is 0.278 e. The second-order valence-corrected chi connectivity index (χ2v) is 11.9. The van der Waals surface area contributed by atoms with Gasteiger partial charge in [-0.25, -0.2) is 13.4 Å². The van der Waals surface area contributed by atoms with Gasteiger partial charge in [0.2, 0.25) is 5.95 Å². The van der Waals surface area contributed by atoms with E-state index in [2.05, 4.69) is 25.5 Å². The number of carbonyl (C=O) groups is 1. The third kappa shape index (κ3) is 5.59. The predicted molar refractivity (Wildman–Crippen MR) is 151 cm³/mol. The number of anilines is 3. The third-order valence-electron chi connectivity index (χ3n) is 5.31. The summed E-state index contributed by atoms with van der Waals surface area (Å²) in [5.74, 6) is -0.947. The number of nitrogen functional groups attached to an aromatic ring is 2. The quantitative estimate of drug-likeness (QED) is 0.265. The molecule has 202 valence electrons. The molecule has 3 heterocycles. The van der Waals surface area contributed by atoms with Gasteiger partial charge in [-0.15, -0.1) is 21.5 Å². The summed E-state index contributed by atoms with van der Waals surface area (Å²) < 4.78 is 25.8. The largest absolute Gasteiger partial charge is 0.505 e. The van der Waals surface area contributed by atoms with E-state index < -0.39 is 15.9 Å². The van der Waals surface area contributed by atoms with Gasteiger partial charge in [-0.3, -0.25) is 14.4 Å². The number of carbonyl (C=O) groups excluding carboxylic acids is 1. The third-order valence-corrected chi connectivity index (χ3v) is 8.78. The minimum Gasteiger partial charge on any atom is -0.505 e. The molecule has 0 unspecified atom stereocenters. The molecule has 5 rings (SSSR count). The number of halogens is 2. The van der Waals surface area contributed by atoms with Gasteiger partial charge in [0.15, 0.2) is 22.4 Å². The van der Waals surface area contributed by atoms with E-state index in [-0.39, 0.29) is 33.7 Å². The first-order valence-electron chi connectivity index (χ1n) is 10.9. The van der Waals surface area contributed by atoms with E-state index in [9.17, 15) is 18.3 Å². The van der Waals surface area contributed by atoms with Crippen LogP contribution in [0.15, 0.2) is 59.3 Å². The van der Waals surface area contributed by atoms with Crippen LogP contribution in [-0.4, -0.2) is 50.9 Å². The zero-order valence-corrected chi connectivity index (χ0v) is 23.4. The van der Waals surface area contributed by atoms with Gasteiger partial charge in [-0.2, -0.15) is 4.98 Å². The van der Waals surface area contributed by atoms with Crippen LogP contribution in [0.4, 0.5) is 16.9 Å². The van der Waals surface area contributed by atoms with Crippen LogP contribution in [0, 0.1) is 6.92 Å². The molecule has 0 aliphatic carbocycles. The number of aliphatic hydroxyl groups excluding tert-OH is 1. The smallest absolute Gasteiger partial charge is 0.278 e. The van der Waals surface area contributed by atoms with Gasteiger partial charge in [-0.1, -0.05) is 47.5 Å². The van der Waals surface area contributed by atoms with E-state index in [1.165, 1.54) is 30.5 Å². The molecular weight excluding hydrogens is 587 g/mol. The molecule has 0 saturated carbocycles. The number of fused-ring (bicyclic) bond motifs is 1. The Morgan fingerprint density at radius 1 is 1.08 bits per heavy atom. The summed E-state index contributed by atoms with van der Waals surface area (Å²) >= 11 is 13.2. The van der Waals surface area contributed by atoms with E-state index in [1.54, 1.807) is 36.5 Å². The first-order valence-corrected chi connectivity index (χ1v) is 13.9. The molecule has 0 bridgehead atoms. The van der Waals surface area contributed by atoms with Gasteiger partial charge in [0.1, 0.15) is 5.69 Å². The minimum absolute atomic E-state index is 0.0133. The fourth-order valence-corrected chi connectivity index (χ4v) is 5.93. The highest BCUT2D eigenvalue weighted by molar-refractivity contribution is 7.89. The fourth-order valence-electron chi connectivity index (χ4n) is 3.48. The molecule has 0 spiro atoms. The van der Waals surface area contributed by atoms with E-state index in [0.29, 0.717) is 26.4 Å². The molecular formula is C23H20Cl2N8O4S2. The number of rotatable bonds is 3. The van der Waals surface area contributed by atoms with Crippen LogP contribution in [0.3, 0.4) is 0 Å². The summed E-state index contributed by atoms with van der Waals surface area (Å²) in [6.07, 6.45) is 1.59. The summed E-state index contributed by atoms with van der Waals surface area (Å²) in [6, 6.07) is 11.1. The molecule has 6 N–H and O–H groups in total. The highest BCUT2D eigenvalue weighted by Gasteiger charge is 2.37. The lowest BCUT2D eigenvalue weighted by molar-refractivity contribution is -0.113. The number of nitrogens with zero attached hydrogens (tertiary/aromatic N) is 5. The molecule has 2 aromatic carbocycles. The van der Waals surface area contributed by atoms with Crippen LogP contribution in [-0.2, 0) is 14.8 Å². The topological polar surface area (TPSA) is 190 Å². The molecule has 0 saturated heterocycles. The molecule has 0 radical (unpaired) electrons. The number of thiazole rings is 1. The second kappa shape index (κ2) is 11.0. The summed E-state index contributed by atoms with van der Waals surface area (Å²) in [5.41, 5.74) is 11.7. The number of benzene rings is 2. The van der Waals surface area contributed by atoms with Gasteiger partial charge >= 0.3 is 0 Å². The van der Waals surface area contributed by atoms with Crippen molar-refractivity contribution in [1.82, 2.24) is 24.5 Å². The van der Waals surface area contributed by atoms with Gasteiger partial charge in [0, 0.05) is 29.2 Å². The van der Waals surface area contributed by atoms with E-state index >= 15 is 0 Å². The Bertz CT molecular complexity index is 1730. The highest BCUT2D eigenvalue weighted by atomic mass is 35.5. The summed E-state index contributed by atoms with van der Waals surface area (Å²) in [7, 11) is -2.67. The lowest BCUT2D eigenvalue weighted by Crippen LogP contribution is -2.37. The molecule has 0 fully saturated rings. The van der Waals surface area contributed by atoms with Crippen molar-refractivity contribution in [2.75, 3.05) is 23.8 Å². The van der Waals surface area contributed by atoms with Crippen LogP contribution in [0.25, 0.3) is 17.0 Å². The van der Waals surface area contributed by atoms with Gasteiger partial charge < -0.3 is 16.6 Å². The highest BCUT2D eigenvalue weighted by Crippen LogP contribution is 2.35. The Kier molecular flexibility index (Phi) is 7.92. The Hall–Kier alpha value is -3.98. The van der Waals surface area contributed by atoms with Crippen LogP contribution in [0.1, 0.15) is 10.4 Å². The number of hydrogen-bond donors (Lipinski definition) is 4. The van der Waals surface area contributed by atoms with E-state index in [0.717, 1.165) is 9.18 Å². The number of aliphatic hydroxyl groups is 1. The predicted octanol–water partition coefficient (Wildman–Crippen LogP) is 3.96. The zero-order chi connectivity index (χ0) is 28.5. The normalized spacial score (nSPS) is 13.8. The maximum atomic E-state index is 12.5. The molecule has 12 nitrogen and oxygen atoms in total. The number of nitrogens with two attached hydrogens (primary N) is 2. The molecule has 1 aliphatic heterocycles. The average molecular weight is 608 g/mol. The van der Waals surface area contributed by atoms with Crippen molar-refractivity contribution >= 4 is 73.1 Å². The maximum absolute atomic E-state index is 12.5. The molecule has 1 aliphatic rings. The fraction of sp³-hybridized carbons (Fsp3) is 0.0870. The monoisotopic (exact) mass is 606 g/mol. The summed E-state index contributed by atoms with van der Waals surface area (Å²) in [5, 5.41) is 21.4. The average Bonchev–Trinajstić information content (AvgIpc) is 3.30. The van der Waals surface area contributed by atoms with Crippen molar-refractivity contribution < 1.29 is 18.3 Å². The Balaban J connectivity index is 0.000000193. The zero-order valence-electron chi connectivity index (χ0n) is 20.3. The number of amides is 1. The molecule has 39 heavy (non-hydrogen) atoms. The lowest BCUT2D eigenvalue weighted by Gasteiger charge is -2.28. The first-order chi connectivity index (χ1) is 18.4. The minimum atomic E-state index is -3.90. The number of likely N-dealkylation sites (N-methyl/N-ethyl adjacent to an activating group) is 1. The Labute approximate surface area is 237 Å².